The maximum Gasteiger partial charge on any atom is 0.416 e. The first-order chi connectivity index (χ1) is 11.7. The van der Waals surface area contributed by atoms with Crippen LogP contribution in [0.15, 0.2) is 48.5 Å². The molecule has 0 aliphatic heterocycles. The summed E-state index contributed by atoms with van der Waals surface area (Å²) in [6, 6.07) is 9.52. The molecule has 1 saturated carbocycles. The number of ketones is 2. The molecule has 0 N–H and O–H groups in total. The highest BCUT2D eigenvalue weighted by molar-refractivity contribution is 6.05. The summed E-state index contributed by atoms with van der Waals surface area (Å²) in [7, 11) is 0. The number of Topliss-reactive ketones (excluding diaryl/α,β-unsaturated/α-hetero) is 2. The highest BCUT2D eigenvalue weighted by atomic mass is 19.4. The highest BCUT2D eigenvalue weighted by Gasteiger charge is 2.57. The lowest BCUT2D eigenvalue weighted by molar-refractivity contribution is -0.137. The van der Waals surface area contributed by atoms with Crippen molar-refractivity contribution < 1.29 is 27.2 Å². The number of carbonyl (C=O) groups is 2. The van der Waals surface area contributed by atoms with Gasteiger partial charge in [0.25, 0.3) is 0 Å². The second kappa shape index (κ2) is 6.10. The molecular weight excluding hydrogens is 336 g/mol. The fraction of sp³-hybridized carbons (Fsp3) is 0.263. The number of alkyl halides is 3. The van der Waals surface area contributed by atoms with Crippen molar-refractivity contribution in [2.24, 2.45) is 11.8 Å². The van der Waals surface area contributed by atoms with Crippen LogP contribution < -0.4 is 0 Å². The minimum atomic E-state index is -4.44. The summed E-state index contributed by atoms with van der Waals surface area (Å²) in [5.74, 6) is -2.60. The monoisotopic (exact) mass is 350 g/mol. The lowest BCUT2D eigenvalue weighted by atomic mass is 10.0. The molecule has 0 heterocycles. The van der Waals surface area contributed by atoms with Gasteiger partial charge in [-0.2, -0.15) is 13.2 Å². The van der Waals surface area contributed by atoms with Crippen LogP contribution in [0.5, 0.6) is 0 Å². The van der Waals surface area contributed by atoms with Gasteiger partial charge in [0.2, 0.25) is 0 Å². The number of benzene rings is 2. The third kappa shape index (κ3) is 3.34. The van der Waals surface area contributed by atoms with Crippen LogP contribution in [0.2, 0.25) is 0 Å². The van der Waals surface area contributed by atoms with Gasteiger partial charge in [-0.1, -0.05) is 12.1 Å². The Morgan fingerprint density at radius 1 is 0.880 bits per heavy atom. The molecule has 3 unspecified atom stereocenters. The van der Waals surface area contributed by atoms with Crippen LogP contribution in [0.4, 0.5) is 17.6 Å². The normalized spacial score (nSPS) is 22.5. The fourth-order valence-electron chi connectivity index (χ4n) is 3.26. The van der Waals surface area contributed by atoms with E-state index in [1.165, 1.54) is 31.2 Å². The van der Waals surface area contributed by atoms with Gasteiger partial charge in [-0.05, 0) is 48.9 Å². The number of carbonyl (C=O) groups excluding carboxylic acids is 2. The third-order valence-corrected chi connectivity index (χ3v) is 4.54. The van der Waals surface area contributed by atoms with E-state index in [4.69, 9.17) is 0 Å². The number of hydrogen-bond acceptors (Lipinski definition) is 2. The average molecular weight is 350 g/mol. The Balaban J connectivity index is 1.86. The lowest BCUT2D eigenvalue weighted by Gasteiger charge is -2.07. The minimum Gasteiger partial charge on any atom is -0.300 e. The van der Waals surface area contributed by atoms with Gasteiger partial charge in [-0.3, -0.25) is 9.59 Å². The van der Waals surface area contributed by atoms with Crippen molar-refractivity contribution in [3.63, 3.8) is 0 Å². The Morgan fingerprint density at radius 3 is 1.92 bits per heavy atom. The third-order valence-electron chi connectivity index (χ3n) is 4.54. The van der Waals surface area contributed by atoms with E-state index < -0.39 is 35.3 Å². The maximum absolute atomic E-state index is 13.0. The lowest BCUT2D eigenvalue weighted by Crippen LogP contribution is -2.07. The molecule has 2 aromatic rings. The predicted molar refractivity (Wildman–Crippen MR) is 82.6 cm³/mol. The van der Waals surface area contributed by atoms with Crippen molar-refractivity contribution in [2.45, 2.75) is 19.0 Å². The molecule has 130 valence electrons. The molecule has 0 amide bonds. The summed E-state index contributed by atoms with van der Waals surface area (Å²) in [6.45, 7) is 1.36. The fourth-order valence-corrected chi connectivity index (χ4v) is 3.26. The van der Waals surface area contributed by atoms with Crippen LogP contribution in [0.25, 0.3) is 0 Å². The molecule has 0 aromatic heterocycles. The van der Waals surface area contributed by atoms with E-state index in [-0.39, 0.29) is 17.1 Å². The van der Waals surface area contributed by atoms with Crippen LogP contribution in [0.3, 0.4) is 0 Å². The molecule has 2 aromatic carbocycles. The summed E-state index contributed by atoms with van der Waals surface area (Å²) < 4.78 is 51.0. The van der Waals surface area contributed by atoms with E-state index in [0.717, 1.165) is 24.3 Å². The quantitative estimate of drug-likeness (QED) is 0.594. The minimum absolute atomic E-state index is 0.189. The van der Waals surface area contributed by atoms with E-state index in [0.29, 0.717) is 5.56 Å². The molecule has 1 aliphatic rings. The van der Waals surface area contributed by atoms with Gasteiger partial charge in [-0.15, -0.1) is 0 Å². The summed E-state index contributed by atoms with van der Waals surface area (Å²) in [6.07, 6.45) is -4.44. The van der Waals surface area contributed by atoms with E-state index in [1.807, 2.05) is 0 Å². The number of rotatable bonds is 4. The van der Waals surface area contributed by atoms with Crippen molar-refractivity contribution in [3.05, 3.63) is 71.0 Å². The first kappa shape index (κ1) is 17.3. The molecule has 0 saturated heterocycles. The predicted octanol–water partition coefficient (Wildman–Crippen LogP) is 4.65. The molecule has 0 radical (unpaired) electrons. The molecular formula is C19H14F4O2. The largest absolute Gasteiger partial charge is 0.416 e. The first-order valence-corrected chi connectivity index (χ1v) is 7.67. The number of halogens is 4. The molecule has 0 spiro atoms. The zero-order valence-corrected chi connectivity index (χ0v) is 13.2. The van der Waals surface area contributed by atoms with Crippen LogP contribution >= 0.6 is 0 Å². The number of hydrogen-bond donors (Lipinski definition) is 0. The molecule has 25 heavy (non-hydrogen) atoms. The molecule has 6 heteroatoms. The average Bonchev–Trinajstić information content (AvgIpc) is 3.30. The summed E-state index contributed by atoms with van der Waals surface area (Å²) in [5.41, 5.74) is 0.0263. The van der Waals surface area contributed by atoms with E-state index >= 15 is 0 Å². The highest BCUT2D eigenvalue weighted by Crippen LogP contribution is 2.56. The Labute approximate surface area is 141 Å². The molecule has 2 nitrogen and oxygen atoms in total. The zero-order valence-electron chi connectivity index (χ0n) is 13.2. The molecule has 1 fully saturated rings. The summed E-state index contributed by atoms with van der Waals surface area (Å²) in [5, 5.41) is 0. The SMILES string of the molecule is CC(=O)C1C(C(=O)c2ccc(F)cc2)C1c1ccc(C(F)(F)F)cc1. The summed E-state index contributed by atoms with van der Waals surface area (Å²) >= 11 is 0. The second-order valence-corrected chi connectivity index (χ2v) is 6.18. The van der Waals surface area contributed by atoms with Crippen molar-refractivity contribution in [1.82, 2.24) is 0 Å². The van der Waals surface area contributed by atoms with Crippen molar-refractivity contribution >= 4 is 11.6 Å². The van der Waals surface area contributed by atoms with Gasteiger partial charge >= 0.3 is 6.18 Å². The van der Waals surface area contributed by atoms with Crippen LogP contribution in [0.1, 0.15) is 34.3 Å². The second-order valence-electron chi connectivity index (χ2n) is 6.18. The van der Waals surface area contributed by atoms with Crippen LogP contribution in [-0.2, 0) is 11.0 Å². The van der Waals surface area contributed by atoms with Crippen LogP contribution in [0, 0.1) is 17.7 Å². The Hall–Kier alpha value is -2.50. The van der Waals surface area contributed by atoms with Gasteiger partial charge < -0.3 is 0 Å². The van der Waals surface area contributed by atoms with Gasteiger partial charge in [0, 0.05) is 23.3 Å². The molecule has 3 atom stereocenters. The topological polar surface area (TPSA) is 34.1 Å². The standard InChI is InChI=1S/C19H14F4O2/c1-10(24)15-16(11-2-6-13(7-3-11)19(21,22)23)17(15)18(25)12-4-8-14(20)9-5-12/h2-9,15-17H,1H3. The molecule has 1 aliphatic carbocycles. The summed E-state index contributed by atoms with van der Waals surface area (Å²) in [4.78, 5) is 24.4. The van der Waals surface area contributed by atoms with E-state index in [9.17, 15) is 27.2 Å². The van der Waals surface area contributed by atoms with E-state index in [2.05, 4.69) is 0 Å². The maximum atomic E-state index is 13.0. The first-order valence-electron chi connectivity index (χ1n) is 7.67. The van der Waals surface area contributed by atoms with Gasteiger partial charge in [0.15, 0.2) is 5.78 Å². The van der Waals surface area contributed by atoms with Crippen molar-refractivity contribution in [1.29, 1.82) is 0 Å². The Kier molecular flexibility index (Phi) is 4.22. The molecule has 0 bridgehead atoms. The van der Waals surface area contributed by atoms with Crippen molar-refractivity contribution in [2.75, 3.05) is 0 Å². The van der Waals surface area contributed by atoms with Crippen LogP contribution in [-0.4, -0.2) is 11.6 Å². The Bertz CT molecular complexity index is 807. The smallest absolute Gasteiger partial charge is 0.300 e. The Morgan fingerprint density at radius 2 is 1.44 bits per heavy atom. The van der Waals surface area contributed by atoms with E-state index in [1.54, 1.807) is 0 Å². The van der Waals surface area contributed by atoms with Gasteiger partial charge in [-0.25, -0.2) is 4.39 Å². The molecule has 3 rings (SSSR count). The zero-order chi connectivity index (χ0) is 18.4. The van der Waals surface area contributed by atoms with Gasteiger partial charge in [0.1, 0.15) is 11.6 Å². The van der Waals surface area contributed by atoms with Gasteiger partial charge in [0.05, 0.1) is 5.56 Å². The van der Waals surface area contributed by atoms with Crippen molar-refractivity contribution in [3.8, 4) is 0 Å².